The Hall–Kier alpha value is -2.33. The number of rotatable bonds is 6. The maximum Gasteiger partial charge on any atom is 0.296 e. The summed E-state index contributed by atoms with van der Waals surface area (Å²) in [5.74, 6) is -0.205. The number of nitro groups is 1. The van der Waals surface area contributed by atoms with Gasteiger partial charge in [0.05, 0.1) is 18.1 Å². The Labute approximate surface area is 186 Å². The van der Waals surface area contributed by atoms with Gasteiger partial charge in [0.15, 0.2) is 5.11 Å². The molecule has 1 amide bonds. The fourth-order valence-electron chi connectivity index (χ4n) is 2.19. The highest BCUT2D eigenvalue weighted by atomic mass is 35.6. The summed E-state index contributed by atoms with van der Waals surface area (Å²) in [6.45, 7) is 0. The Morgan fingerprint density at radius 2 is 1.83 bits per heavy atom. The van der Waals surface area contributed by atoms with Crippen LogP contribution in [-0.4, -0.2) is 33.0 Å². The highest BCUT2D eigenvalue weighted by Crippen LogP contribution is 2.31. The van der Waals surface area contributed by atoms with Crippen LogP contribution in [0.1, 0.15) is 10.4 Å². The molecule has 2 rings (SSSR count). The largest absolute Gasteiger partial charge is 0.496 e. The molecule has 0 bridgehead atoms. The van der Waals surface area contributed by atoms with Gasteiger partial charge in [-0.3, -0.25) is 14.9 Å². The molecule has 0 fully saturated rings. The third kappa shape index (κ3) is 6.60. The second kappa shape index (κ2) is 9.93. The van der Waals surface area contributed by atoms with E-state index in [2.05, 4.69) is 16.0 Å². The predicted molar refractivity (Wildman–Crippen MR) is 117 cm³/mol. The van der Waals surface area contributed by atoms with E-state index in [9.17, 15) is 14.9 Å². The molecule has 0 saturated carbocycles. The first-order valence-electron chi connectivity index (χ1n) is 7.94. The Balaban J connectivity index is 2.15. The lowest BCUT2D eigenvalue weighted by Crippen LogP contribution is -2.56. The molecule has 0 saturated heterocycles. The van der Waals surface area contributed by atoms with E-state index < -0.39 is 20.8 Å². The molecule has 1 atom stereocenters. The number of hydrogen-bond donors (Lipinski definition) is 3. The maximum absolute atomic E-state index is 12.4. The van der Waals surface area contributed by atoms with E-state index in [0.717, 1.165) is 0 Å². The van der Waals surface area contributed by atoms with E-state index in [-0.39, 0.29) is 16.5 Å². The van der Waals surface area contributed by atoms with Crippen LogP contribution in [0.5, 0.6) is 5.75 Å². The van der Waals surface area contributed by atoms with Crippen LogP contribution in [0.15, 0.2) is 48.5 Å². The van der Waals surface area contributed by atoms with Crippen molar-refractivity contribution in [3.63, 3.8) is 0 Å². The molecule has 2 aromatic carbocycles. The van der Waals surface area contributed by atoms with Crippen molar-refractivity contribution in [3.8, 4) is 5.75 Å². The van der Waals surface area contributed by atoms with Gasteiger partial charge in [0.2, 0.25) is 3.79 Å². The average Bonchev–Trinajstić information content (AvgIpc) is 2.67. The summed E-state index contributed by atoms with van der Waals surface area (Å²) in [4.78, 5) is 23.0. The van der Waals surface area contributed by atoms with Gasteiger partial charge in [0, 0.05) is 5.56 Å². The SMILES string of the molecule is COc1ccc(NC(=S)NC(NC(=O)c2ccccc2)C(Cl)(Cl)Cl)c([N+](=O)[O-])c1. The molecule has 0 spiro atoms. The maximum atomic E-state index is 12.4. The van der Waals surface area contributed by atoms with Gasteiger partial charge < -0.3 is 20.7 Å². The number of ether oxygens (including phenoxy) is 1. The van der Waals surface area contributed by atoms with Crippen LogP contribution in [0, 0.1) is 10.1 Å². The molecule has 0 aliphatic carbocycles. The molecule has 2 aromatic rings. The molecule has 0 aromatic heterocycles. The number of thiocarbonyl (C=S) groups is 1. The third-order valence-electron chi connectivity index (χ3n) is 3.56. The number of carbonyl (C=O) groups is 1. The molecular formula is C17H15Cl3N4O4S. The van der Waals surface area contributed by atoms with Crippen molar-refractivity contribution in [1.82, 2.24) is 10.6 Å². The van der Waals surface area contributed by atoms with Crippen molar-refractivity contribution in [2.75, 3.05) is 12.4 Å². The van der Waals surface area contributed by atoms with E-state index in [1.165, 1.54) is 25.3 Å². The summed E-state index contributed by atoms with van der Waals surface area (Å²) < 4.78 is 3.01. The van der Waals surface area contributed by atoms with Gasteiger partial charge in [-0.1, -0.05) is 53.0 Å². The quantitative estimate of drug-likeness (QED) is 0.190. The second-order valence-electron chi connectivity index (χ2n) is 5.55. The number of hydrogen-bond acceptors (Lipinski definition) is 5. The molecule has 0 aliphatic heterocycles. The van der Waals surface area contributed by atoms with Gasteiger partial charge in [-0.15, -0.1) is 0 Å². The number of nitro benzene ring substituents is 1. The molecule has 8 nitrogen and oxygen atoms in total. The van der Waals surface area contributed by atoms with Crippen LogP contribution in [0.3, 0.4) is 0 Å². The zero-order chi connectivity index (χ0) is 21.6. The van der Waals surface area contributed by atoms with E-state index in [0.29, 0.717) is 11.3 Å². The summed E-state index contributed by atoms with van der Waals surface area (Å²) in [6, 6.07) is 12.4. The van der Waals surface area contributed by atoms with Crippen LogP contribution < -0.4 is 20.7 Å². The number of alkyl halides is 3. The van der Waals surface area contributed by atoms with E-state index in [4.69, 9.17) is 51.8 Å². The third-order valence-corrected chi connectivity index (χ3v) is 4.44. The van der Waals surface area contributed by atoms with E-state index in [1.807, 2.05) is 0 Å². The second-order valence-corrected chi connectivity index (χ2v) is 8.33. The molecule has 3 N–H and O–H groups in total. The predicted octanol–water partition coefficient (Wildman–Crippen LogP) is 4.02. The first-order chi connectivity index (χ1) is 13.6. The molecule has 29 heavy (non-hydrogen) atoms. The van der Waals surface area contributed by atoms with Crippen molar-refractivity contribution < 1.29 is 14.5 Å². The normalized spacial score (nSPS) is 11.9. The van der Waals surface area contributed by atoms with Crippen molar-refractivity contribution in [3.05, 3.63) is 64.2 Å². The van der Waals surface area contributed by atoms with Gasteiger partial charge >= 0.3 is 0 Å². The lowest BCUT2D eigenvalue weighted by molar-refractivity contribution is -0.384. The lowest BCUT2D eigenvalue weighted by atomic mass is 10.2. The van der Waals surface area contributed by atoms with Crippen molar-refractivity contribution >= 4 is 69.4 Å². The number of halogens is 3. The lowest BCUT2D eigenvalue weighted by Gasteiger charge is -2.27. The number of anilines is 1. The topological polar surface area (TPSA) is 106 Å². The monoisotopic (exact) mass is 476 g/mol. The Morgan fingerprint density at radius 3 is 2.38 bits per heavy atom. The standard InChI is InChI=1S/C17H15Cl3N4O4S/c1-28-11-7-8-12(13(9-11)24(26)27)21-16(29)23-15(17(18,19)20)22-14(25)10-5-3-2-4-6-10/h2-9,15H,1H3,(H,22,25)(H2,21,23,29). The first-order valence-corrected chi connectivity index (χ1v) is 9.48. The van der Waals surface area contributed by atoms with Crippen molar-refractivity contribution in [1.29, 1.82) is 0 Å². The minimum absolute atomic E-state index is 0.0887. The van der Waals surface area contributed by atoms with Gasteiger partial charge in [-0.2, -0.15) is 0 Å². The van der Waals surface area contributed by atoms with Crippen molar-refractivity contribution in [2.24, 2.45) is 0 Å². The molecule has 154 valence electrons. The van der Waals surface area contributed by atoms with Crippen LogP contribution in [0.4, 0.5) is 11.4 Å². The fourth-order valence-corrected chi connectivity index (χ4v) is 2.74. The number of nitrogens with zero attached hydrogens (tertiary/aromatic N) is 1. The Kier molecular flexibility index (Phi) is 7.86. The van der Waals surface area contributed by atoms with E-state index in [1.54, 1.807) is 30.3 Å². The summed E-state index contributed by atoms with van der Waals surface area (Å²) >= 11 is 23.0. The summed E-state index contributed by atoms with van der Waals surface area (Å²) in [6.07, 6.45) is -1.22. The highest BCUT2D eigenvalue weighted by Gasteiger charge is 2.35. The molecule has 0 heterocycles. The van der Waals surface area contributed by atoms with Crippen molar-refractivity contribution in [2.45, 2.75) is 9.96 Å². The van der Waals surface area contributed by atoms with Crippen LogP contribution >= 0.6 is 47.0 Å². The Morgan fingerprint density at radius 1 is 1.17 bits per heavy atom. The van der Waals surface area contributed by atoms with Gasteiger partial charge in [-0.25, -0.2) is 0 Å². The van der Waals surface area contributed by atoms with Crippen LogP contribution in [0.2, 0.25) is 0 Å². The zero-order valence-electron chi connectivity index (χ0n) is 14.8. The minimum Gasteiger partial charge on any atom is -0.496 e. The van der Waals surface area contributed by atoms with Crippen LogP contribution in [0.25, 0.3) is 0 Å². The fraction of sp³-hybridized carbons (Fsp3) is 0.176. The summed E-state index contributed by atoms with van der Waals surface area (Å²) in [5.41, 5.74) is 0.163. The summed E-state index contributed by atoms with van der Waals surface area (Å²) in [7, 11) is 1.39. The van der Waals surface area contributed by atoms with Crippen LogP contribution in [-0.2, 0) is 0 Å². The number of amides is 1. The minimum atomic E-state index is -1.97. The van der Waals surface area contributed by atoms with Gasteiger partial charge in [0.1, 0.15) is 17.6 Å². The first kappa shape index (κ1) is 23.0. The number of carbonyl (C=O) groups excluding carboxylic acids is 1. The highest BCUT2D eigenvalue weighted by molar-refractivity contribution is 7.80. The van der Waals surface area contributed by atoms with Gasteiger partial charge in [0.25, 0.3) is 11.6 Å². The number of benzene rings is 2. The Bertz CT molecular complexity index is 909. The number of methoxy groups -OCH3 is 1. The zero-order valence-corrected chi connectivity index (χ0v) is 17.9. The molecule has 12 heteroatoms. The summed E-state index contributed by atoms with van der Waals surface area (Å²) in [5, 5.41) is 19.0. The molecule has 0 aliphatic rings. The molecule has 1 unspecified atom stereocenters. The average molecular weight is 478 g/mol. The molecule has 0 radical (unpaired) electrons. The number of nitrogens with one attached hydrogen (secondary N) is 3. The van der Waals surface area contributed by atoms with E-state index >= 15 is 0 Å². The molecular weight excluding hydrogens is 463 g/mol. The van der Waals surface area contributed by atoms with Gasteiger partial charge in [-0.05, 0) is 36.5 Å². The smallest absolute Gasteiger partial charge is 0.296 e.